The van der Waals surface area contributed by atoms with Gasteiger partial charge in [0.2, 0.25) is 0 Å². The molecule has 1 aliphatic carbocycles. The molecule has 14 heavy (non-hydrogen) atoms. The first kappa shape index (κ1) is 10.1. The molecular weight excluding hydrogens is 242 g/mol. The number of hydrogen-bond acceptors (Lipinski definition) is 2. The van der Waals surface area contributed by atoms with Crippen LogP contribution in [0.1, 0.15) is 30.0 Å². The summed E-state index contributed by atoms with van der Waals surface area (Å²) in [5.74, 6) is 0. The largest absolute Gasteiger partial charge is 0.391 e. The fourth-order valence-corrected chi connectivity index (χ4v) is 2.37. The summed E-state index contributed by atoms with van der Waals surface area (Å²) < 4.78 is 1.03. The van der Waals surface area contributed by atoms with Gasteiger partial charge in [-0.05, 0) is 42.5 Å². The SMILES string of the molecule is N[C@H]1c2cc(Br)ccc2CCC[C@@H]1O. The normalized spacial score (nSPS) is 26.8. The number of aliphatic hydroxyl groups is 1. The predicted octanol–water partition coefficient (Wildman–Crippen LogP) is 2.15. The van der Waals surface area contributed by atoms with E-state index < -0.39 is 6.10 Å². The molecule has 0 unspecified atom stereocenters. The van der Waals surface area contributed by atoms with E-state index in [9.17, 15) is 5.11 Å². The zero-order valence-corrected chi connectivity index (χ0v) is 9.50. The van der Waals surface area contributed by atoms with Gasteiger partial charge in [-0.1, -0.05) is 22.0 Å². The standard InChI is InChI=1S/C11H14BrNO/c12-8-5-4-7-2-1-3-10(14)11(13)9(7)6-8/h4-6,10-11,14H,1-3,13H2/t10-,11-/m0/s1. The Morgan fingerprint density at radius 2 is 2.21 bits per heavy atom. The summed E-state index contributed by atoms with van der Waals surface area (Å²) in [7, 11) is 0. The molecule has 0 radical (unpaired) electrons. The van der Waals surface area contributed by atoms with Crippen molar-refractivity contribution in [3.8, 4) is 0 Å². The van der Waals surface area contributed by atoms with Crippen LogP contribution in [0.3, 0.4) is 0 Å². The van der Waals surface area contributed by atoms with Crippen molar-refractivity contribution in [3.05, 3.63) is 33.8 Å². The van der Waals surface area contributed by atoms with Gasteiger partial charge in [-0.3, -0.25) is 0 Å². The lowest BCUT2D eigenvalue weighted by molar-refractivity contribution is 0.136. The Morgan fingerprint density at radius 1 is 1.43 bits per heavy atom. The van der Waals surface area contributed by atoms with Crippen LogP contribution < -0.4 is 5.73 Å². The minimum absolute atomic E-state index is 0.231. The van der Waals surface area contributed by atoms with E-state index in [0.29, 0.717) is 0 Å². The third kappa shape index (κ3) is 1.85. The Labute approximate surface area is 92.3 Å². The monoisotopic (exact) mass is 255 g/mol. The van der Waals surface area contributed by atoms with Crippen LogP contribution in [-0.2, 0) is 6.42 Å². The molecule has 3 N–H and O–H groups in total. The molecule has 3 heteroatoms. The summed E-state index contributed by atoms with van der Waals surface area (Å²) in [5.41, 5.74) is 8.35. The minimum Gasteiger partial charge on any atom is -0.391 e. The van der Waals surface area contributed by atoms with Gasteiger partial charge in [0, 0.05) is 4.47 Å². The Bertz CT molecular complexity index is 340. The van der Waals surface area contributed by atoms with Gasteiger partial charge in [0.25, 0.3) is 0 Å². The first-order valence-electron chi connectivity index (χ1n) is 4.90. The number of nitrogens with two attached hydrogens (primary N) is 1. The fourth-order valence-electron chi connectivity index (χ4n) is 1.99. The molecule has 0 bridgehead atoms. The van der Waals surface area contributed by atoms with Crippen molar-refractivity contribution in [2.24, 2.45) is 5.73 Å². The summed E-state index contributed by atoms with van der Waals surface area (Å²) in [6.45, 7) is 0. The van der Waals surface area contributed by atoms with E-state index in [-0.39, 0.29) is 6.04 Å². The molecule has 0 fully saturated rings. The molecule has 0 spiro atoms. The number of halogens is 1. The van der Waals surface area contributed by atoms with Crippen molar-refractivity contribution in [3.63, 3.8) is 0 Å². The Hall–Kier alpha value is -0.380. The third-order valence-corrected chi connectivity index (χ3v) is 3.32. The maximum atomic E-state index is 9.76. The van der Waals surface area contributed by atoms with Gasteiger partial charge in [-0.15, -0.1) is 0 Å². The quantitative estimate of drug-likeness (QED) is 0.698. The van der Waals surface area contributed by atoms with Gasteiger partial charge < -0.3 is 10.8 Å². The molecule has 1 aromatic carbocycles. The molecule has 2 atom stereocenters. The highest BCUT2D eigenvalue weighted by Gasteiger charge is 2.22. The first-order chi connectivity index (χ1) is 6.68. The van der Waals surface area contributed by atoms with Gasteiger partial charge >= 0.3 is 0 Å². The predicted molar refractivity (Wildman–Crippen MR) is 60.0 cm³/mol. The fraction of sp³-hybridized carbons (Fsp3) is 0.455. The number of aliphatic hydroxyl groups excluding tert-OH is 1. The molecule has 0 aliphatic heterocycles. The van der Waals surface area contributed by atoms with E-state index in [4.69, 9.17) is 5.73 Å². The van der Waals surface area contributed by atoms with E-state index in [1.807, 2.05) is 12.1 Å². The van der Waals surface area contributed by atoms with Crippen molar-refractivity contribution in [1.29, 1.82) is 0 Å². The van der Waals surface area contributed by atoms with Gasteiger partial charge in [-0.2, -0.15) is 0 Å². The summed E-state index contributed by atoms with van der Waals surface area (Å²) in [5, 5.41) is 9.76. The molecule has 0 aromatic heterocycles. The van der Waals surface area contributed by atoms with Crippen LogP contribution in [0, 0.1) is 0 Å². The molecule has 1 aliphatic rings. The van der Waals surface area contributed by atoms with E-state index in [1.165, 1.54) is 5.56 Å². The Morgan fingerprint density at radius 3 is 3.00 bits per heavy atom. The molecule has 2 rings (SSSR count). The molecular formula is C11H14BrNO. The summed E-state index contributed by atoms with van der Waals surface area (Å²) in [6.07, 6.45) is 2.44. The van der Waals surface area contributed by atoms with Crippen molar-refractivity contribution >= 4 is 15.9 Å². The van der Waals surface area contributed by atoms with E-state index in [1.54, 1.807) is 0 Å². The second-order valence-corrected chi connectivity index (χ2v) is 4.74. The van der Waals surface area contributed by atoms with Crippen LogP contribution in [0.15, 0.2) is 22.7 Å². The average molecular weight is 256 g/mol. The lowest BCUT2D eigenvalue weighted by atomic mass is 9.99. The summed E-state index contributed by atoms with van der Waals surface area (Å²) in [6, 6.07) is 5.92. The van der Waals surface area contributed by atoms with Gasteiger partial charge in [0.05, 0.1) is 12.1 Å². The zero-order chi connectivity index (χ0) is 10.1. The molecule has 0 saturated heterocycles. The van der Waals surface area contributed by atoms with Crippen molar-refractivity contribution in [2.75, 3.05) is 0 Å². The van der Waals surface area contributed by atoms with E-state index in [2.05, 4.69) is 22.0 Å². The molecule has 0 amide bonds. The minimum atomic E-state index is -0.398. The zero-order valence-electron chi connectivity index (χ0n) is 7.91. The summed E-state index contributed by atoms with van der Waals surface area (Å²) >= 11 is 3.43. The summed E-state index contributed by atoms with van der Waals surface area (Å²) in [4.78, 5) is 0. The first-order valence-corrected chi connectivity index (χ1v) is 5.70. The van der Waals surface area contributed by atoms with E-state index >= 15 is 0 Å². The number of hydrogen-bond donors (Lipinski definition) is 2. The second-order valence-electron chi connectivity index (χ2n) is 3.83. The smallest absolute Gasteiger partial charge is 0.0733 e. The van der Waals surface area contributed by atoms with Crippen molar-refractivity contribution in [2.45, 2.75) is 31.4 Å². The lowest BCUT2D eigenvalue weighted by Crippen LogP contribution is -2.25. The highest BCUT2D eigenvalue weighted by atomic mass is 79.9. The van der Waals surface area contributed by atoms with Crippen LogP contribution >= 0.6 is 15.9 Å². The van der Waals surface area contributed by atoms with Gasteiger partial charge in [0.15, 0.2) is 0 Å². The van der Waals surface area contributed by atoms with Gasteiger partial charge in [-0.25, -0.2) is 0 Å². The highest BCUT2D eigenvalue weighted by molar-refractivity contribution is 9.10. The average Bonchev–Trinajstić information content (AvgIpc) is 2.30. The van der Waals surface area contributed by atoms with Crippen LogP contribution in [0.2, 0.25) is 0 Å². The van der Waals surface area contributed by atoms with Crippen molar-refractivity contribution < 1.29 is 5.11 Å². The number of fused-ring (bicyclic) bond motifs is 1. The highest BCUT2D eigenvalue weighted by Crippen LogP contribution is 2.29. The molecule has 2 nitrogen and oxygen atoms in total. The lowest BCUT2D eigenvalue weighted by Gasteiger charge is -2.17. The van der Waals surface area contributed by atoms with Crippen LogP contribution in [0.25, 0.3) is 0 Å². The third-order valence-electron chi connectivity index (χ3n) is 2.83. The molecule has 0 saturated carbocycles. The number of benzene rings is 1. The van der Waals surface area contributed by atoms with Crippen LogP contribution in [0.5, 0.6) is 0 Å². The number of rotatable bonds is 0. The van der Waals surface area contributed by atoms with Crippen LogP contribution in [-0.4, -0.2) is 11.2 Å². The van der Waals surface area contributed by atoms with Crippen molar-refractivity contribution in [1.82, 2.24) is 0 Å². The van der Waals surface area contributed by atoms with Crippen LogP contribution in [0.4, 0.5) is 0 Å². The second kappa shape index (κ2) is 4.01. The Kier molecular flexibility index (Phi) is 2.91. The Balaban J connectivity index is 2.44. The molecule has 1 aromatic rings. The van der Waals surface area contributed by atoms with E-state index in [0.717, 1.165) is 29.3 Å². The number of aryl methyl sites for hydroxylation is 1. The molecule has 76 valence electrons. The maximum Gasteiger partial charge on any atom is 0.0733 e. The topological polar surface area (TPSA) is 46.2 Å². The molecule has 0 heterocycles. The maximum absolute atomic E-state index is 9.76. The van der Waals surface area contributed by atoms with Gasteiger partial charge in [0.1, 0.15) is 0 Å².